The van der Waals surface area contributed by atoms with Gasteiger partial charge in [0.15, 0.2) is 0 Å². The number of ketones is 1. The number of benzene rings is 1. The zero-order valence-electron chi connectivity index (χ0n) is 10.3. The van der Waals surface area contributed by atoms with E-state index in [4.69, 9.17) is 0 Å². The first kappa shape index (κ1) is 12.8. The standard InChI is InChI=1S/C14H21NO/c1-3-5-13-7-9-14(10-8-13)15-11-4-6-12(2)16/h7-10,15H,3-6,11H2,1-2H3. The van der Waals surface area contributed by atoms with Gasteiger partial charge in [0, 0.05) is 18.7 Å². The van der Waals surface area contributed by atoms with Crippen molar-refractivity contribution in [3.05, 3.63) is 29.8 Å². The summed E-state index contributed by atoms with van der Waals surface area (Å²) in [6, 6.07) is 8.55. The molecule has 1 aromatic rings. The van der Waals surface area contributed by atoms with Crippen molar-refractivity contribution in [3.63, 3.8) is 0 Å². The third kappa shape index (κ3) is 4.96. The van der Waals surface area contributed by atoms with E-state index in [0.717, 1.165) is 25.1 Å². The van der Waals surface area contributed by atoms with E-state index < -0.39 is 0 Å². The topological polar surface area (TPSA) is 29.1 Å². The van der Waals surface area contributed by atoms with Gasteiger partial charge in [0.05, 0.1) is 0 Å². The van der Waals surface area contributed by atoms with Crippen molar-refractivity contribution in [2.75, 3.05) is 11.9 Å². The van der Waals surface area contributed by atoms with E-state index >= 15 is 0 Å². The van der Waals surface area contributed by atoms with Crippen LogP contribution >= 0.6 is 0 Å². The van der Waals surface area contributed by atoms with Crippen molar-refractivity contribution < 1.29 is 4.79 Å². The van der Waals surface area contributed by atoms with E-state index in [-0.39, 0.29) is 5.78 Å². The van der Waals surface area contributed by atoms with Gasteiger partial charge in [-0.1, -0.05) is 25.5 Å². The minimum absolute atomic E-state index is 0.264. The van der Waals surface area contributed by atoms with E-state index in [0.29, 0.717) is 6.42 Å². The molecule has 0 bridgehead atoms. The maximum Gasteiger partial charge on any atom is 0.129 e. The minimum atomic E-state index is 0.264. The third-order valence-corrected chi connectivity index (χ3v) is 2.53. The van der Waals surface area contributed by atoms with Gasteiger partial charge in [-0.25, -0.2) is 0 Å². The zero-order valence-corrected chi connectivity index (χ0v) is 10.3. The maximum absolute atomic E-state index is 10.7. The summed E-state index contributed by atoms with van der Waals surface area (Å²) >= 11 is 0. The third-order valence-electron chi connectivity index (χ3n) is 2.53. The van der Waals surface area contributed by atoms with Gasteiger partial charge in [-0.3, -0.25) is 0 Å². The molecule has 0 atom stereocenters. The van der Waals surface area contributed by atoms with E-state index in [9.17, 15) is 4.79 Å². The molecule has 2 heteroatoms. The molecule has 0 unspecified atom stereocenters. The lowest BCUT2D eigenvalue weighted by Gasteiger charge is -2.06. The fourth-order valence-corrected chi connectivity index (χ4v) is 1.65. The van der Waals surface area contributed by atoms with Crippen LogP contribution in [0, 0.1) is 0 Å². The number of hydrogen-bond donors (Lipinski definition) is 1. The lowest BCUT2D eigenvalue weighted by Crippen LogP contribution is -2.03. The number of Topliss-reactive ketones (excluding diaryl/α,β-unsaturated/α-hetero) is 1. The van der Waals surface area contributed by atoms with E-state index in [1.165, 1.54) is 12.0 Å². The van der Waals surface area contributed by atoms with Gasteiger partial charge in [0.25, 0.3) is 0 Å². The maximum atomic E-state index is 10.7. The summed E-state index contributed by atoms with van der Waals surface area (Å²) in [4.78, 5) is 10.7. The minimum Gasteiger partial charge on any atom is -0.385 e. The van der Waals surface area contributed by atoms with Crippen molar-refractivity contribution in [2.45, 2.75) is 39.5 Å². The smallest absolute Gasteiger partial charge is 0.129 e. The molecule has 1 N–H and O–H groups in total. The van der Waals surface area contributed by atoms with Crippen LogP contribution in [0.15, 0.2) is 24.3 Å². The van der Waals surface area contributed by atoms with E-state index in [2.05, 4.69) is 36.5 Å². The van der Waals surface area contributed by atoms with Crippen LogP contribution in [0.2, 0.25) is 0 Å². The predicted molar refractivity (Wildman–Crippen MR) is 68.8 cm³/mol. The molecule has 0 aliphatic carbocycles. The van der Waals surface area contributed by atoms with Crippen molar-refractivity contribution >= 4 is 11.5 Å². The highest BCUT2D eigenvalue weighted by Gasteiger charge is 1.95. The zero-order chi connectivity index (χ0) is 11.8. The van der Waals surface area contributed by atoms with Crippen LogP contribution in [0.5, 0.6) is 0 Å². The Morgan fingerprint density at radius 2 is 1.94 bits per heavy atom. The van der Waals surface area contributed by atoms with Crippen LogP contribution in [0.25, 0.3) is 0 Å². The van der Waals surface area contributed by atoms with Crippen molar-refractivity contribution in [2.24, 2.45) is 0 Å². The van der Waals surface area contributed by atoms with Gasteiger partial charge in [0.1, 0.15) is 5.78 Å². The summed E-state index contributed by atoms with van der Waals surface area (Å²) in [6.07, 6.45) is 3.91. The number of carbonyl (C=O) groups excluding carboxylic acids is 1. The fraction of sp³-hybridized carbons (Fsp3) is 0.500. The first-order valence-corrected chi connectivity index (χ1v) is 6.04. The molecule has 0 spiro atoms. The molecule has 88 valence electrons. The Kier molecular flexibility index (Phi) is 5.62. The second-order valence-corrected chi connectivity index (χ2v) is 4.18. The Balaban J connectivity index is 2.29. The van der Waals surface area contributed by atoms with Gasteiger partial charge in [-0.15, -0.1) is 0 Å². The first-order chi connectivity index (χ1) is 7.72. The van der Waals surface area contributed by atoms with Gasteiger partial charge < -0.3 is 10.1 Å². The van der Waals surface area contributed by atoms with Gasteiger partial charge in [-0.2, -0.15) is 0 Å². The molecule has 0 heterocycles. The fourth-order valence-electron chi connectivity index (χ4n) is 1.65. The Bertz CT molecular complexity index is 316. The lowest BCUT2D eigenvalue weighted by atomic mass is 10.1. The number of aryl methyl sites for hydroxylation is 1. The molecule has 1 rings (SSSR count). The van der Waals surface area contributed by atoms with Crippen molar-refractivity contribution in [1.82, 2.24) is 0 Å². The van der Waals surface area contributed by atoms with Crippen LogP contribution in [0.1, 0.15) is 38.7 Å². The molecule has 0 radical (unpaired) electrons. The van der Waals surface area contributed by atoms with Crippen LogP contribution < -0.4 is 5.32 Å². The molecular formula is C14H21NO. The molecule has 16 heavy (non-hydrogen) atoms. The predicted octanol–water partition coefficient (Wildman–Crippen LogP) is 3.42. The molecule has 0 aliphatic rings. The highest BCUT2D eigenvalue weighted by molar-refractivity contribution is 5.75. The molecule has 2 nitrogen and oxygen atoms in total. The van der Waals surface area contributed by atoms with E-state index in [1.54, 1.807) is 6.92 Å². The number of hydrogen-bond acceptors (Lipinski definition) is 2. The molecule has 0 saturated carbocycles. The lowest BCUT2D eigenvalue weighted by molar-refractivity contribution is -0.117. The van der Waals surface area contributed by atoms with Gasteiger partial charge in [-0.05, 0) is 37.5 Å². The van der Waals surface area contributed by atoms with Crippen LogP contribution in [0.3, 0.4) is 0 Å². The largest absolute Gasteiger partial charge is 0.385 e. The van der Waals surface area contributed by atoms with Crippen LogP contribution in [-0.2, 0) is 11.2 Å². The Labute approximate surface area is 98.1 Å². The highest BCUT2D eigenvalue weighted by atomic mass is 16.1. The van der Waals surface area contributed by atoms with Crippen molar-refractivity contribution in [1.29, 1.82) is 0 Å². The quantitative estimate of drug-likeness (QED) is 0.712. The molecule has 0 fully saturated rings. The van der Waals surface area contributed by atoms with Crippen molar-refractivity contribution in [3.8, 4) is 0 Å². The monoisotopic (exact) mass is 219 g/mol. The molecule has 0 amide bonds. The Hall–Kier alpha value is -1.31. The molecule has 0 aromatic heterocycles. The number of carbonyl (C=O) groups is 1. The summed E-state index contributed by atoms with van der Waals surface area (Å²) in [5, 5.41) is 3.32. The number of nitrogens with one attached hydrogen (secondary N) is 1. The van der Waals surface area contributed by atoms with E-state index in [1.807, 2.05) is 0 Å². The second kappa shape index (κ2) is 7.04. The average molecular weight is 219 g/mol. The van der Waals surface area contributed by atoms with Crippen LogP contribution in [0.4, 0.5) is 5.69 Å². The molecule has 0 saturated heterocycles. The van der Waals surface area contributed by atoms with Gasteiger partial charge in [0.2, 0.25) is 0 Å². The van der Waals surface area contributed by atoms with Gasteiger partial charge >= 0.3 is 0 Å². The Morgan fingerprint density at radius 1 is 1.25 bits per heavy atom. The number of anilines is 1. The Morgan fingerprint density at radius 3 is 2.50 bits per heavy atom. The summed E-state index contributed by atoms with van der Waals surface area (Å²) < 4.78 is 0. The summed E-state index contributed by atoms with van der Waals surface area (Å²) in [6.45, 7) is 4.69. The summed E-state index contributed by atoms with van der Waals surface area (Å²) in [5.41, 5.74) is 2.53. The summed E-state index contributed by atoms with van der Waals surface area (Å²) in [5.74, 6) is 0.264. The molecular weight excluding hydrogens is 198 g/mol. The molecule has 0 aliphatic heterocycles. The van der Waals surface area contributed by atoms with Crippen LogP contribution in [-0.4, -0.2) is 12.3 Å². The second-order valence-electron chi connectivity index (χ2n) is 4.18. The number of rotatable bonds is 7. The normalized spacial score (nSPS) is 10.1. The molecule has 1 aromatic carbocycles. The SMILES string of the molecule is CCCc1ccc(NCCCC(C)=O)cc1. The highest BCUT2D eigenvalue weighted by Crippen LogP contribution is 2.11. The average Bonchev–Trinajstić information content (AvgIpc) is 2.27. The first-order valence-electron chi connectivity index (χ1n) is 6.04. The summed E-state index contributed by atoms with van der Waals surface area (Å²) in [7, 11) is 0.